The van der Waals surface area contributed by atoms with E-state index in [0.29, 0.717) is 6.04 Å². The van der Waals surface area contributed by atoms with Gasteiger partial charge in [-0.1, -0.05) is 19.1 Å². The van der Waals surface area contributed by atoms with E-state index in [1.165, 1.54) is 24.9 Å². The summed E-state index contributed by atoms with van der Waals surface area (Å²) >= 11 is 4.72. The van der Waals surface area contributed by atoms with Gasteiger partial charge in [-0.15, -0.1) is 0 Å². The van der Waals surface area contributed by atoms with Crippen LogP contribution in [0.4, 0.5) is 0 Å². The summed E-state index contributed by atoms with van der Waals surface area (Å²) in [5.41, 5.74) is 1.19. The van der Waals surface area contributed by atoms with Crippen molar-refractivity contribution in [3.05, 3.63) is 29.8 Å². The number of benzene rings is 1. The van der Waals surface area contributed by atoms with Gasteiger partial charge in [0.1, 0.15) is 5.75 Å². The molecular weight excluding hydrogens is 318 g/mol. The Labute approximate surface area is 153 Å². The van der Waals surface area contributed by atoms with Gasteiger partial charge in [0, 0.05) is 19.1 Å². The topological polar surface area (TPSA) is 27.7 Å². The standard InChI is InChI=1S/C19H33N3OS/c1-4-22-13-5-7-17(22)15-20-19(24)16-8-10-18(11-9-16)23-14-6-12-21(2)3/h8-11,17,19-20,24H,4-7,12-15H2,1-3H3. The SMILES string of the molecule is CCN1CCCC1CNC(S)c1ccc(OCCCN(C)C)cc1. The van der Waals surface area contributed by atoms with E-state index in [0.717, 1.165) is 38.4 Å². The minimum Gasteiger partial charge on any atom is -0.494 e. The molecule has 136 valence electrons. The van der Waals surface area contributed by atoms with Gasteiger partial charge in [0.25, 0.3) is 0 Å². The third-order valence-corrected chi connectivity index (χ3v) is 5.15. The summed E-state index contributed by atoms with van der Waals surface area (Å²) in [5, 5.41) is 3.64. The number of rotatable bonds is 10. The van der Waals surface area contributed by atoms with Crippen molar-refractivity contribution in [2.24, 2.45) is 0 Å². The second-order valence-electron chi connectivity index (χ2n) is 6.81. The first kappa shape index (κ1) is 19.6. The number of nitrogens with one attached hydrogen (secondary N) is 1. The summed E-state index contributed by atoms with van der Waals surface area (Å²) in [6, 6.07) is 8.97. The molecule has 24 heavy (non-hydrogen) atoms. The van der Waals surface area contributed by atoms with Gasteiger partial charge in [-0.3, -0.25) is 4.90 Å². The molecule has 1 aliphatic rings. The summed E-state index contributed by atoms with van der Waals surface area (Å²) in [6.45, 7) is 7.44. The smallest absolute Gasteiger partial charge is 0.119 e. The van der Waals surface area contributed by atoms with Gasteiger partial charge in [-0.05, 0) is 64.1 Å². The predicted octanol–water partition coefficient (Wildman–Crippen LogP) is 3.02. The second-order valence-corrected chi connectivity index (χ2v) is 7.33. The van der Waals surface area contributed by atoms with Crippen molar-refractivity contribution >= 4 is 12.6 Å². The van der Waals surface area contributed by atoms with Crippen LogP contribution in [0.2, 0.25) is 0 Å². The molecule has 1 saturated heterocycles. The Balaban J connectivity index is 1.73. The zero-order valence-electron chi connectivity index (χ0n) is 15.4. The third-order valence-electron chi connectivity index (χ3n) is 4.67. The van der Waals surface area contributed by atoms with Gasteiger partial charge < -0.3 is 15.0 Å². The highest BCUT2D eigenvalue weighted by molar-refractivity contribution is 7.80. The van der Waals surface area contributed by atoms with Gasteiger partial charge in [0.05, 0.1) is 12.0 Å². The van der Waals surface area contributed by atoms with E-state index in [4.69, 9.17) is 17.4 Å². The molecule has 1 aromatic rings. The zero-order chi connectivity index (χ0) is 17.4. The normalized spacial score (nSPS) is 19.8. The molecule has 2 unspecified atom stereocenters. The van der Waals surface area contributed by atoms with E-state index >= 15 is 0 Å². The molecule has 0 aromatic heterocycles. The van der Waals surface area contributed by atoms with Crippen LogP contribution in [0.5, 0.6) is 5.75 Å². The molecule has 1 aromatic carbocycles. The van der Waals surface area contributed by atoms with E-state index < -0.39 is 0 Å². The summed E-state index contributed by atoms with van der Waals surface area (Å²) in [7, 11) is 4.17. The molecular formula is C19H33N3OS. The lowest BCUT2D eigenvalue weighted by molar-refractivity contribution is 0.259. The average molecular weight is 352 g/mol. The molecule has 0 bridgehead atoms. The number of likely N-dealkylation sites (tertiary alicyclic amines) is 1. The summed E-state index contributed by atoms with van der Waals surface area (Å²) in [4.78, 5) is 4.73. The van der Waals surface area contributed by atoms with Crippen LogP contribution < -0.4 is 10.1 Å². The minimum atomic E-state index is 0.0760. The van der Waals surface area contributed by atoms with Gasteiger partial charge >= 0.3 is 0 Å². The fraction of sp³-hybridized carbons (Fsp3) is 0.684. The number of ether oxygens (including phenoxy) is 1. The number of hydrogen-bond acceptors (Lipinski definition) is 5. The van der Waals surface area contributed by atoms with Gasteiger partial charge in [-0.25, -0.2) is 0 Å². The first-order valence-corrected chi connectivity index (χ1v) is 9.64. The first-order chi connectivity index (χ1) is 11.6. The maximum absolute atomic E-state index is 5.78. The molecule has 1 N–H and O–H groups in total. The van der Waals surface area contributed by atoms with E-state index in [2.05, 4.69) is 48.3 Å². The van der Waals surface area contributed by atoms with Crippen LogP contribution in [-0.2, 0) is 0 Å². The Hall–Kier alpha value is -0.750. The fourth-order valence-corrected chi connectivity index (χ4v) is 3.50. The third kappa shape index (κ3) is 6.28. The Bertz CT molecular complexity index is 466. The van der Waals surface area contributed by atoms with Gasteiger partial charge in [0.15, 0.2) is 0 Å². The summed E-state index contributed by atoms with van der Waals surface area (Å²) in [5.74, 6) is 0.936. The highest BCUT2D eigenvalue weighted by Gasteiger charge is 2.23. The van der Waals surface area contributed by atoms with Crippen molar-refractivity contribution in [1.82, 2.24) is 15.1 Å². The molecule has 0 amide bonds. The van der Waals surface area contributed by atoms with Crippen molar-refractivity contribution < 1.29 is 4.74 Å². The predicted molar refractivity (Wildman–Crippen MR) is 105 cm³/mol. The monoisotopic (exact) mass is 351 g/mol. The molecule has 5 heteroatoms. The largest absolute Gasteiger partial charge is 0.494 e. The second kappa shape index (κ2) is 10.3. The maximum atomic E-state index is 5.78. The van der Waals surface area contributed by atoms with Crippen molar-refractivity contribution in [3.63, 3.8) is 0 Å². The quantitative estimate of drug-likeness (QED) is 0.385. The minimum absolute atomic E-state index is 0.0760. The Kier molecular flexibility index (Phi) is 8.39. The van der Waals surface area contributed by atoms with Crippen LogP contribution in [0.1, 0.15) is 37.1 Å². The van der Waals surface area contributed by atoms with Crippen LogP contribution in [0.15, 0.2) is 24.3 Å². The molecule has 0 saturated carbocycles. The Morgan fingerprint density at radius 1 is 1.33 bits per heavy atom. The highest BCUT2D eigenvalue weighted by atomic mass is 32.1. The van der Waals surface area contributed by atoms with Crippen LogP contribution in [0.3, 0.4) is 0 Å². The molecule has 0 spiro atoms. The number of likely N-dealkylation sites (N-methyl/N-ethyl adjacent to an activating group) is 1. The molecule has 1 fully saturated rings. The van der Waals surface area contributed by atoms with Crippen molar-refractivity contribution in [1.29, 1.82) is 0 Å². The molecule has 1 aliphatic heterocycles. The van der Waals surface area contributed by atoms with Crippen molar-refractivity contribution in [2.45, 2.75) is 37.6 Å². The molecule has 1 heterocycles. The molecule has 2 atom stereocenters. The summed E-state index contributed by atoms with van der Waals surface area (Å²) < 4.78 is 5.78. The molecule has 2 rings (SSSR count). The fourth-order valence-electron chi connectivity index (χ4n) is 3.23. The van der Waals surface area contributed by atoms with Crippen LogP contribution >= 0.6 is 12.6 Å². The maximum Gasteiger partial charge on any atom is 0.119 e. The molecule has 0 aliphatic carbocycles. The number of nitrogens with zero attached hydrogens (tertiary/aromatic N) is 2. The lowest BCUT2D eigenvalue weighted by Crippen LogP contribution is -2.38. The lowest BCUT2D eigenvalue weighted by Gasteiger charge is -2.24. The first-order valence-electron chi connectivity index (χ1n) is 9.13. The van der Waals surface area contributed by atoms with E-state index in [9.17, 15) is 0 Å². The van der Waals surface area contributed by atoms with Gasteiger partial charge in [0.2, 0.25) is 0 Å². The van der Waals surface area contributed by atoms with Crippen molar-refractivity contribution in [3.8, 4) is 5.75 Å². The van der Waals surface area contributed by atoms with Crippen LogP contribution in [-0.4, -0.2) is 62.7 Å². The highest BCUT2D eigenvalue weighted by Crippen LogP contribution is 2.22. The Morgan fingerprint density at radius 3 is 2.75 bits per heavy atom. The number of thiol groups is 1. The zero-order valence-corrected chi connectivity index (χ0v) is 16.3. The van der Waals surface area contributed by atoms with Crippen LogP contribution in [0.25, 0.3) is 0 Å². The summed E-state index contributed by atoms with van der Waals surface area (Å²) in [6.07, 6.45) is 3.65. The van der Waals surface area contributed by atoms with Gasteiger partial charge in [-0.2, -0.15) is 12.6 Å². The van der Waals surface area contributed by atoms with E-state index in [1.54, 1.807) is 0 Å². The molecule has 0 radical (unpaired) electrons. The van der Waals surface area contributed by atoms with Crippen LogP contribution in [0, 0.1) is 0 Å². The Morgan fingerprint density at radius 2 is 2.08 bits per heavy atom. The average Bonchev–Trinajstić information content (AvgIpc) is 3.04. The molecule has 4 nitrogen and oxygen atoms in total. The van der Waals surface area contributed by atoms with Crippen molar-refractivity contribution in [2.75, 3.05) is 46.9 Å². The van der Waals surface area contributed by atoms with E-state index in [1.807, 2.05) is 12.1 Å². The number of hydrogen-bond donors (Lipinski definition) is 2. The van der Waals surface area contributed by atoms with E-state index in [-0.39, 0.29) is 5.37 Å². The lowest BCUT2D eigenvalue weighted by atomic mass is 10.2.